The third kappa shape index (κ3) is 3.37. The van der Waals surface area contributed by atoms with Crippen LogP contribution >= 0.6 is 11.8 Å². The van der Waals surface area contributed by atoms with Gasteiger partial charge in [0, 0.05) is 5.56 Å². The van der Waals surface area contributed by atoms with E-state index in [9.17, 15) is 14.4 Å². The van der Waals surface area contributed by atoms with Gasteiger partial charge in [0.05, 0.1) is 41.6 Å². The van der Waals surface area contributed by atoms with Crippen LogP contribution in [0.3, 0.4) is 0 Å². The molecule has 0 saturated carbocycles. The summed E-state index contributed by atoms with van der Waals surface area (Å²) in [5, 5.41) is 9.62. The Morgan fingerprint density at radius 2 is 1.50 bits per heavy atom. The molecule has 0 saturated heterocycles. The summed E-state index contributed by atoms with van der Waals surface area (Å²) in [6.07, 6.45) is 0. The van der Waals surface area contributed by atoms with Gasteiger partial charge in [0.1, 0.15) is 5.75 Å². The Hall–Kier alpha value is -4.44. The van der Waals surface area contributed by atoms with Crippen LogP contribution in [0.25, 0.3) is 16.7 Å². The van der Waals surface area contributed by atoms with Crippen molar-refractivity contribution in [2.45, 2.75) is 11.7 Å². The Morgan fingerprint density at radius 1 is 0.833 bits per heavy atom. The summed E-state index contributed by atoms with van der Waals surface area (Å²) in [4.78, 5) is 40.3. The van der Waals surface area contributed by atoms with Crippen molar-refractivity contribution in [2.24, 2.45) is 0 Å². The Balaban J connectivity index is 1.42. The number of benzene rings is 3. The smallest absolute Gasteiger partial charge is 0.263 e. The highest BCUT2D eigenvalue weighted by molar-refractivity contribution is 7.99. The molecular weight excluding hydrogens is 478 g/mol. The van der Waals surface area contributed by atoms with Gasteiger partial charge in [-0.05, 0) is 30.3 Å². The number of thioether (sulfide) groups is 1. The van der Waals surface area contributed by atoms with Crippen molar-refractivity contribution in [3.8, 4) is 5.75 Å². The number of hydrogen-bond donors (Lipinski definition) is 0. The van der Waals surface area contributed by atoms with E-state index >= 15 is 0 Å². The fraction of sp³-hybridized carbons (Fsp3) is 0.115. The molecule has 2 amide bonds. The second-order valence-corrected chi connectivity index (χ2v) is 9.11. The maximum atomic E-state index is 13.5. The van der Waals surface area contributed by atoms with Gasteiger partial charge < -0.3 is 4.74 Å². The molecule has 0 atom stereocenters. The quantitative estimate of drug-likeness (QED) is 0.262. The molecule has 0 fully saturated rings. The molecule has 6 rings (SSSR count). The van der Waals surface area contributed by atoms with E-state index in [-0.39, 0.29) is 29.8 Å². The SMILES string of the molecule is COc1ccccc1Cn1c(=O)c2ccccc2n2c(SCN3C(=O)c4ccccc4C3=O)nnc12. The van der Waals surface area contributed by atoms with E-state index in [1.807, 2.05) is 36.4 Å². The van der Waals surface area contributed by atoms with Gasteiger partial charge in [0.2, 0.25) is 5.78 Å². The number of methoxy groups -OCH3 is 1. The van der Waals surface area contributed by atoms with Gasteiger partial charge in [-0.25, -0.2) is 0 Å². The molecule has 1 aliphatic rings. The first-order valence-electron chi connectivity index (χ1n) is 11.1. The molecule has 0 bridgehead atoms. The minimum absolute atomic E-state index is 0.0626. The summed E-state index contributed by atoms with van der Waals surface area (Å²) in [5.41, 5.74) is 2.05. The highest BCUT2D eigenvalue weighted by atomic mass is 32.2. The summed E-state index contributed by atoms with van der Waals surface area (Å²) in [5.74, 6) is 0.405. The zero-order valence-corrected chi connectivity index (χ0v) is 19.9. The number of amides is 2. The van der Waals surface area contributed by atoms with Crippen molar-refractivity contribution in [1.82, 2.24) is 24.1 Å². The Morgan fingerprint density at radius 3 is 2.25 bits per heavy atom. The number of carbonyl (C=O) groups is 2. The van der Waals surface area contributed by atoms with Crippen molar-refractivity contribution in [1.29, 1.82) is 0 Å². The number of para-hydroxylation sites is 2. The standard InChI is InChI=1S/C26H19N5O4S/c1-35-21-13-7-2-8-16(21)14-29-24(34)19-11-5-6-12-20(19)31-25(29)27-28-26(31)36-15-30-22(32)17-9-3-4-10-18(17)23(30)33/h2-13H,14-15H2,1H3. The molecule has 5 aromatic rings. The van der Waals surface area contributed by atoms with E-state index in [2.05, 4.69) is 10.2 Å². The zero-order chi connectivity index (χ0) is 24.8. The van der Waals surface area contributed by atoms with Crippen LogP contribution < -0.4 is 10.3 Å². The van der Waals surface area contributed by atoms with Gasteiger partial charge in [-0.1, -0.05) is 54.2 Å². The van der Waals surface area contributed by atoms with E-state index in [4.69, 9.17) is 4.74 Å². The predicted molar refractivity (Wildman–Crippen MR) is 135 cm³/mol. The van der Waals surface area contributed by atoms with Crippen LogP contribution in [0, 0.1) is 0 Å². The van der Waals surface area contributed by atoms with E-state index < -0.39 is 0 Å². The van der Waals surface area contributed by atoms with Crippen molar-refractivity contribution >= 4 is 40.3 Å². The number of nitrogens with zero attached hydrogens (tertiary/aromatic N) is 5. The third-order valence-electron chi connectivity index (χ3n) is 6.20. The molecule has 9 nitrogen and oxygen atoms in total. The van der Waals surface area contributed by atoms with Crippen molar-refractivity contribution in [2.75, 3.05) is 13.0 Å². The first-order chi connectivity index (χ1) is 17.6. The zero-order valence-electron chi connectivity index (χ0n) is 19.1. The van der Waals surface area contributed by atoms with Crippen LogP contribution in [-0.4, -0.2) is 48.9 Å². The summed E-state index contributed by atoms with van der Waals surface area (Å²) in [7, 11) is 1.59. The number of ether oxygens (including phenoxy) is 1. The molecule has 3 aromatic carbocycles. The third-order valence-corrected chi connectivity index (χ3v) is 7.11. The predicted octanol–water partition coefficient (Wildman–Crippen LogP) is 3.45. The largest absolute Gasteiger partial charge is 0.496 e. The molecule has 2 aromatic heterocycles. The normalized spacial score (nSPS) is 13.1. The van der Waals surface area contributed by atoms with Crippen molar-refractivity contribution in [3.05, 3.63) is 99.8 Å². The highest BCUT2D eigenvalue weighted by Crippen LogP contribution is 2.28. The maximum absolute atomic E-state index is 13.5. The molecule has 178 valence electrons. The molecule has 1 aliphatic heterocycles. The Bertz CT molecular complexity index is 1710. The van der Waals surface area contributed by atoms with Crippen LogP contribution in [0.15, 0.2) is 82.7 Å². The summed E-state index contributed by atoms with van der Waals surface area (Å²) < 4.78 is 8.81. The fourth-order valence-corrected chi connectivity index (χ4v) is 5.34. The Kier molecular flexibility index (Phi) is 5.30. The lowest BCUT2D eigenvalue weighted by Gasteiger charge is -2.14. The molecule has 36 heavy (non-hydrogen) atoms. The molecule has 0 spiro atoms. The van der Waals surface area contributed by atoms with Gasteiger partial charge >= 0.3 is 0 Å². The fourth-order valence-electron chi connectivity index (χ4n) is 4.45. The van der Waals surface area contributed by atoms with Crippen LogP contribution in [0.4, 0.5) is 0 Å². The minimum atomic E-state index is -0.338. The average molecular weight is 498 g/mol. The molecule has 0 unspecified atom stereocenters. The second-order valence-electron chi connectivity index (χ2n) is 8.20. The lowest BCUT2D eigenvalue weighted by Crippen LogP contribution is -2.29. The monoisotopic (exact) mass is 497 g/mol. The maximum Gasteiger partial charge on any atom is 0.263 e. The van der Waals surface area contributed by atoms with Gasteiger partial charge in [0.15, 0.2) is 5.16 Å². The summed E-state index contributed by atoms with van der Waals surface area (Å²) in [6.45, 7) is 0.235. The Labute approximate surface area is 208 Å². The van der Waals surface area contributed by atoms with E-state index in [1.165, 1.54) is 16.7 Å². The molecule has 3 heterocycles. The summed E-state index contributed by atoms with van der Waals surface area (Å²) >= 11 is 1.21. The molecule has 0 radical (unpaired) electrons. The number of rotatable bonds is 6. The topological polar surface area (TPSA) is 98.8 Å². The average Bonchev–Trinajstić information content (AvgIpc) is 3.44. The molecule has 0 N–H and O–H groups in total. The lowest BCUT2D eigenvalue weighted by atomic mass is 10.1. The van der Waals surface area contributed by atoms with Gasteiger partial charge in [0.25, 0.3) is 17.4 Å². The number of carbonyl (C=O) groups excluding carboxylic acids is 2. The lowest BCUT2D eigenvalue weighted by molar-refractivity contribution is 0.0684. The van der Waals surface area contributed by atoms with E-state index in [0.29, 0.717) is 38.7 Å². The highest BCUT2D eigenvalue weighted by Gasteiger charge is 2.35. The number of aromatic nitrogens is 4. The van der Waals surface area contributed by atoms with Crippen molar-refractivity contribution < 1.29 is 14.3 Å². The van der Waals surface area contributed by atoms with Crippen LogP contribution in [0.2, 0.25) is 0 Å². The van der Waals surface area contributed by atoms with Gasteiger partial charge in [-0.3, -0.25) is 28.3 Å². The second kappa shape index (κ2) is 8.65. The van der Waals surface area contributed by atoms with Crippen molar-refractivity contribution in [3.63, 3.8) is 0 Å². The molecular formula is C26H19N5O4S. The molecule has 10 heteroatoms. The molecule has 0 aliphatic carbocycles. The van der Waals surface area contributed by atoms with Crippen LogP contribution in [0.5, 0.6) is 5.75 Å². The number of imide groups is 1. The van der Waals surface area contributed by atoms with Gasteiger partial charge in [-0.2, -0.15) is 0 Å². The van der Waals surface area contributed by atoms with E-state index in [1.54, 1.807) is 52.5 Å². The van der Waals surface area contributed by atoms with Crippen LogP contribution in [-0.2, 0) is 6.54 Å². The minimum Gasteiger partial charge on any atom is -0.496 e. The number of hydrogen-bond acceptors (Lipinski definition) is 7. The van der Waals surface area contributed by atoms with E-state index in [0.717, 1.165) is 5.56 Å². The first kappa shape index (κ1) is 22.1. The summed E-state index contributed by atoms with van der Waals surface area (Å²) in [6, 6.07) is 21.5. The van der Waals surface area contributed by atoms with Crippen LogP contribution in [0.1, 0.15) is 26.3 Å². The first-order valence-corrected chi connectivity index (χ1v) is 12.1. The number of fused-ring (bicyclic) bond motifs is 4. The van der Waals surface area contributed by atoms with Gasteiger partial charge in [-0.15, -0.1) is 10.2 Å².